The van der Waals surface area contributed by atoms with E-state index in [-0.39, 0.29) is 5.82 Å². The highest BCUT2D eigenvalue weighted by molar-refractivity contribution is 6.38. The first-order valence-corrected chi connectivity index (χ1v) is 7.50. The maximum atomic E-state index is 13.0. The molecule has 0 bridgehead atoms. The van der Waals surface area contributed by atoms with E-state index in [1.165, 1.54) is 12.1 Å². The molecule has 112 valence electrons. The van der Waals surface area contributed by atoms with E-state index in [1.54, 1.807) is 24.3 Å². The van der Waals surface area contributed by atoms with Crippen LogP contribution in [0.5, 0.6) is 0 Å². The minimum Gasteiger partial charge on any atom is -0.340 e. The molecule has 0 atom stereocenters. The average molecular weight is 336 g/mol. The summed E-state index contributed by atoms with van der Waals surface area (Å²) in [6.07, 6.45) is 0.674. The largest absolute Gasteiger partial charge is 0.340 e. The number of aromatic nitrogens is 2. The highest BCUT2D eigenvalue weighted by atomic mass is 35.5. The highest BCUT2D eigenvalue weighted by Crippen LogP contribution is 2.32. The third-order valence-corrected chi connectivity index (χ3v) is 3.69. The van der Waals surface area contributed by atoms with Crippen LogP contribution in [0.15, 0.2) is 36.4 Å². The number of hydrogen-bond acceptors (Lipinski definition) is 3. The van der Waals surface area contributed by atoms with Crippen LogP contribution in [0.3, 0.4) is 0 Å². The highest BCUT2D eigenvalue weighted by Gasteiger charge is 2.11. The molecule has 1 N–H and O–H groups in total. The number of anilines is 2. The predicted molar refractivity (Wildman–Crippen MR) is 88.6 cm³/mol. The van der Waals surface area contributed by atoms with Crippen LogP contribution in [0.4, 0.5) is 15.9 Å². The number of nitrogens with one attached hydrogen (secondary N) is 1. The van der Waals surface area contributed by atoms with Gasteiger partial charge in [0.15, 0.2) is 0 Å². The number of rotatable bonds is 3. The number of benzene rings is 2. The van der Waals surface area contributed by atoms with Crippen molar-refractivity contribution in [3.63, 3.8) is 0 Å². The van der Waals surface area contributed by atoms with Crippen molar-refractivity contribution >= 4 is 45.6 Å². The zero-order valence-electron chi connectivity index (χ0n) is 11.7. The quantitative estimate of drug-likeness (QED) is 0.698. The molecular formula is C16H12Cl2FN3. The molecular weight excluding hydrogens is 324 g/mol. The molecule has 0 unspecified atom stereocenters. The second-order valence-corrected chi connectivity index (χ2v) is 5.60. The van der Waals surface area contributed by atoms with Crippen molar-refractivity contribution in [2.75, 3.05) is 5.32 Å². The Kier molecular flexibility index (Phi) is 4.14. The molecule has 0 saturated heterocycles. The van der Waals surface area contributed by atoms with Gasteiger partial charge in [0, 0.05) is 22.5 Å². The van der Waals surface area contributed by atoms with Crippen LogP contribution in [0.1, 0.15) is 12.7 Å². The minimum atomic E-state index is -0.293. The molecule has 1 heterocycles. The van der Waals surface area contributed by atoms with E-state index in [0.29, 0.717) is 33.6 Å². The molecule has 0 aliphatic heterocycles. The van der Waals surface area contributed by atoms with Crippen LogP contribution < -0.4 is 5.32 Å². The van der Waals surface area contributed by atoms with Gasteiger partial charge in [0.1, 0.15) is 17.5 Å². The topological polar surface area (TPSA) is 37.8 Å². The summed E-state index contributed by atoms with van der Waals surface area (Å²) in [6.45, 7) is 1.96. The number of nitrogens with zero attached hydrogens (tertiary/aromatic N) is 2. The van der Waals surface area contributed by atoms with Gasteiger partial charge in [-0.15, -0.1) is 0 Å². The van der Waals surface area contributed by atoms with Crippen LogP contribution in [-0.4, -0.2) is 9.97 Å². The van der Waals surface area contributed by atoms with Gasteiger partial charge in [-0.25, -0.2) is 14.4 Å². The summed E-state index contributed by atoms with van der Waals surface area (Å²) in [4.78, 5) is 8.94. The van der Waals surface area contributed by atoms with Crippen molar-refractivity contribution in [3.8, 4) is 0 Å². The summed E-state index contributed by atoms with van der Waals surface area (Å²) >= 11 is 12.3. The molecule has 0 aliphatic carbocycles. The first-order chi connectivity index (χ1) is 10.6. The number of hydrogen-bond donors (Lipinski definition) is 1. The minimum absolute atomic E-state index is 0.293. The Bertz CT molecular complexity index is 835. The Morgan fingerprint density at radius 3 is 2.50 bits per heavy atom. The second kappa shape index (κ2) is 6.07. The zero-order valence-corrected chi connectivity index (χ0v) is 13.2. The van der Waals surface area contributed by atoms with Crippen molar-refractivity contribution in [2.24, 2.45) is 0 Å². The lowest BCUT2D eigenvalue weighted by atomic mass is 10.2. The third-order valence-electron chi connectivity index (χ3n) is 3.19. The van der Waals surface area contributed by atoms with Gasteiger partial charge in [-0.1, -0.05) is 30.1 Å². The van der Waals surface area contributed by atoms with E-state index in [2.05, 4.69) is 15.3 Å². The van der Waals surface area contributed by atoms with Gasteiger partial charge >= 0.3 is 0 Å². The number of fused-ring (bicyclic) bond motifs is 1. The number of halogens is 3. The second-order valence-electron chi connectivity index (χ2n) is 4.76. The Labute approximate surface area is 137 Å². The monoisotopic (exact) mass is 335 g/mol. The maximum Gasteiger partial charge on any atom is 0.142 e. The van der Waals surface area contributed by atoms with E-state index >= 15 is 0 Å². The summed E-state index contributed by atoms with van der Waals surface area (Å²) in [7, 11) is 0. The van der Waals surface area contributed by atoms with E-state index < -0.39 is 0 Å². The van der Waals surface area contributed by atoms with E-state index in [4.69, 9.17) is 23.2 Å². The number of aryl methyl sites for hydroxylation is 1. The molecule has 0 radical (unpaired) electrons. The van der Waals surface area contributed by atoms with E-state index in [9.17, 15) is 4.39 Å². The van der Waals surface area contributed by atoms with Gasteiger partial charge in [0.2, 0.25) is 0 Å². The standard InChI is InChI=1S/C16H12Cl2FN3/c1-2-14-21-15-12(7-9(17)8-13(15)18)16(22-14)20-11-5-3-10(19)4-6-11/h3-8H,2H2,1H3,(H,20,21,22). The fraction of sp³-hybridized carbons (Fsp3) is 0.125. The SMILES string of the molecule is CCc1nc(Nc2ccc(F)cc2)c2cc(Cl)cc(Cl)c2n1. The smallest absolute Gasteiger partial charge is 0.142 e. The molecule has 6 heteroatoms. The van der Waals surface area contributed by atoms with Gasteiger partial charge in [-0.05, 0) is 36.4 Å². The first-order valence-electron chi connectivity index (χ1n) is 6.75. The maximum absolute atomic E-state index is 13.0. The Morgan fingerprint density at radius 2 is 1.82 bits per heavy atom. The van der Waals surface area contributed by atoms with Crippen LogP contribution >= 0.6 is 23.2 Å². The van der Waals surface area contributed by atoms with Gasteiger partial charge < -0.3 is 5.32 Å². The van der Waals surface area contributed by atoms with Crippen LogP contribution in [0.2, 0.25) is 10.0 Å². The normalized spacial score (nSPS) is 10.9. The molecule has 0 saturated carbocycles. The lowest BCUT2D eigenvalue weighted by molar-refractivity contribution is 0.628. The fourth-order valence-electron chi connectivity index (χ4n) is 2.13. The van der Waals surface area contributed by atoms with Crippen molar-refractivity contribution in [2.45, 2.75) is 13.3 Å². The summed E-state index contributed by atoms with van der Waals surface area (Å²) in [5.74, 6) is 0.970. The molecule has 1 aromatic heterocycles. The van der Waals surface area contributed by atoms with Gasteiger partial charge in [0.05, 0.1) is 10.5 Å². The molecule has 0 spiro atoms. The predicted octanol–water partition coefficient (Wildman–Crippen LogP) is 5.38. The molecule has 0 amide bonds. The molecule has 22 heavy (non-hydrogen) atoms. The van der Waals surface area contributed by atoms with Crippen molar-refractivity contribution in [1.29, 1.82) is 0 Å². The van der Waals surface area contributed by atoms with Crippen molar-refractivity contribution < 1.29 is 4.39 Å². The van der Waals surface area contributed by atoms with Crippen molar-refractivity contribution in [1.82, 2.24) is 9.97 Å². The Morgan fingerprint density at radius 1 is 1.09 bits per heavy atom. The first kappa shape index (κ1) is 15.0. The fourth-order valence-corrected chi connectivity index (χ4v) is 2.66. The lowest BCUT2D eigenvalue weighted by Crippen LogP contribution is -2.01. The molecule has 2 aromatic carbocycles. The Balaban J connectivity index is 2.16. The third kappa shape index (κ3) is 2.98. The Hall–Kier alpha value is -1.91. The van der Waals surface area contributed by atoms with Gasteiger partial charge in [-0.3, -0.25) is 0 Å². The molecule has 3 aromatic rings. The average Bonchev–Trinajstić information content (AvgIpc) is 2.50. The summed E-state index contributed by atoms with van der Waals surface area (Å²) in [6, 6.07) is 9.45. The van der Waals surface area contributed by atoms with Crippen LogP contribution in [0.25, 0.3) is 10.9 Å². The molecule has 0 aliphatic rings. The van der Waals surface area contributed by atoms with Crippen molar-refractivity contribution in [3.05, 3.63) is 58.1 Å². The summed E-state index contributed by atoms with van der Waals surface area (Å²) < 4.78 is 13.0. The molecule has 0 fully saturated rings. The van der Waals surface area contributed by atoms with Crippen LogP contribution in [0, 0.1) is 5.82 Å². The zero-order chi connectivity index (χ0) is 15.7. The molecule has 3 nitrogen and oxygen atoms in total. The van der Waals surface area contributed by atoms with Gasteiger partial charge in [0.25, 0.3) is 0 Å². The summed E-state index contributed by atoms with van der Waals surface area (Å²) in [5, 5.41) is 4.87. The summed E-state index contributed by atoms with van der Waals surface area (Å²) in [5.41, 5.74) is 1.36. The lowest BCUT2D eigenvalue weighted by Gasteiger charge is -2.11. The molecule has 3 rings (SSSR count). The van der Waals surface area contributed by atoms with E-state index in [0.717, 1.165) is 11.1 Å². The van der Waals surface area contributed by atoms with E-state index in [1.807, 2.05) is 6.92 Å². The van der Waals surface area contributed by atoms with Crippen LogP contribution in [-0.2, 0) is 6.42 Å². The van der Waals surface area contributed by atoms with Gasteiger partial charge in [-0.2, -0.15) is 0 Å².